The zero-order valence-electron chi connectivity index (χ0n) is 10.9. The summed E-state index contributed by atoms with van der Waals surface area (Å²) in [6, 6.07) is 8.85. The highest BCUT2D eigenvalue weighted by Crippen LogP contribution is 2.28. The summed E-state index contributed by atoms with van der Waals surface area (Å²) in [5.41, 5.74) is 4.93. The summed E-state index contributed by atoms with van der Waals surface area (Å²) in [7, 11) is 2.06. The van der Waals surface area contributed by atoms with Crippen molar-refractivity contribution in [1.29, 1.82) is 5.26 Å². The molecule has 0 bridgehead atoms. The third-order valence-corrected chi connectivity index (χ3v) is 3.57. The van der Waals surface area contributed by atoms with Crippen LogP contribution in [0.5, 0.6) is 0 Å². The topological polar surface area (TPSA) is 28.7 Å². The highest BCUT2D eigenvalue weighted by Gasteiger charge is 2.12. The van der Waals surface area contributed by atoms with Gasteiger partial charge in [-0.25, -0.2) is 0 Å². The number of hydrogen-bond acceptors (Lipinski definition) is 1. The lowest BCUT2D eigenvalue weighted by atomic mass is 9.99. The molecule has 0 unspecified atom stereocenters. The van der Waals surface area contributed by atoms with E-state index in [4.69, 9.17) is 5.26 Å². The Balaban J connectivity index is 2.75. The van der Waals surface area contributed by atoms with Gasteiger partial charge in [-0.3, -0.25) is 0 Å². The van der Waals surface area contributed by atoms with Gasteiger partial charge in [0.25, 0.3) is 0 Å². The van der Waals surface area contributed by atoms with E-state index in [2.05, 4.69) is 56.7 Å². The van der Waals surface area contributed by atoms with Crippen LogP contribution in [0.2, 0.25) is 0 Å². The molecule has 1 heterocycles. The van der Waals surface area contributed by atoms with Crippen molar-refractivity contribution in [3.05, 3.63) is 35.0 Å². The molecule has 0 saturated heterocycles. The molecule has 2 heteroatoms. The fraction of sp³-hybridized carbons (Fsp3) is 0.400. The molecule has 0 saturated carbocycles. The normalized spacial score (nSPS) is 11.1. The summed E-state index contributed by atoms with van der Waals surface area (Å²) in [5, 5.41) is 10.2. The summed E-state index contributed by atoms with van der Waals surface area (Å²) in [5.74, 6) is 0.523. The molecule has 2 nitrogen and oxygen atoms in total. The van der Waals surface area contributed by atoms with Crippen LogP contribution in [0.25, 0.3) is 10.9 Å². The van der Waals surface area contributed by atoms with E-state index in [-0.39, 0.29) is 0 Å². The Morgan fingerprint density at radius 3 is 2.65 bits per heavy atom. The standard InChI is InChI=1S/C15H18N2/c1-10(2)12-5-6-15-14(9-12)13(7-8-16)11(3)17(15)4/h5-6,9-10H,7H2,1-4H3. The van der Waals surface area contributed by atoms with E-state index >= 15 is 0 Å². The molecular formula is C15H18N2. The average Bonchev–Trinajstić information content (AvgIpc) is 2.54. The first kappa shape index (κ1) is 11.7. The fourth-order valence-corrected chi connectivity index (χ4v) is 2.33. The molecule has 0 aliphatic carbocycles. The molecule has 0 radical (unpaired) electrons. The van der Waals surface area contributed by atoms with Crippen LogP contribution in [0.15, 0.2) is 18.2 Å². The summed E-state index contributed by atoms with van der Waals surface area (Å²) in [4.78, 5) is 0. The maximum atomic E-state index is 8.93. The number of rotatable bonds is 2. The Kier molecular flexibility index (Phi) is 2.93. The van der Waals surface area contributed by atoms with Gasteiger partial charge in [-0.15, -0.1) is 0 Å². The summed E-state index contributed by atoms with van der Waals surface area (Å²) >= 11 is 0. The van der Waals surface area contributed by atoms with E-state index in [9.17, 15) is 0 Å². The van der Waals surface area contributed by atoms with Gasteiger partial charge in [0.15, 0.2) is 0 Å². The van der Waals surface area contributed by atoms with E-state index in [1.54, 1.807) is 0 Å². The maximum Gasteiger partial charge on any atom is 0.0670 e. The van der Waals surface area contributed by atoms with Crippen LogP contribution in [0.3, 0.4) is 0 Å². The van der Waals surface area contributed by atoms with Crippen molar-refractivity contribution in [2.45, 2.75) is 33.1 Å². The Bertz CT molecular complexity index is 597. The first-order chi connectivity index (χ1) is 8.06. The minimum atomic E-state index is 0.491. The molecule has 0 atom stereocenters. The average molecular weight is 226 g/mol. The summed E-state index contributed by atoms with van der Waals surface area (Å²) in [6.45, 7) is 6.48. The SMILES string of the molecule is Cc1c(CC#N)c2cc(C(C)C)ccc2n1C. The van der Waals surface area contributed by atoms with Gasteiger partial charge in [0, 0.05) is 23.6 Å². The van der Waals surface area contributed by atoms with Gasteiger partial charge < -0.3 is 4.57 Å². The second-order valence-corrected chi connectivity index (χ2v) is 4.89. The predicted octanol–water partition coefficient (Wildman–Crippen LogP) is 3.68. The molecule has 0 N–H and O–H groups in total. The lowest BCUT2D eigenvalue weighted by Gasteiger charge is -2.05. The highest BCUT2D eigenvalue weighted by atomic mass is 14.9. The molecule has 0 fully saturated rings. The molecular weight excluding hydrogens is 208 g/mol. The van der Waals surface area contributed by atoms with Gasteiger partial charge in [-0.2, -0.15) is 5.26 Å². The smallest absolute Gasteiger partial charge is 0.0670 e. The largest absolute Gasteiger partial charge is 0.348 e. The Hall–Kier alpha value is -1.75. The monoisotopic (exact) mass is 226 g/mol. The van der Waals surface area contributed by atoms with Crippen LogP contribution in [0.4, 0.5) is 0 Å². The summed E-state index contributed by atoms with van der Waals surface area (Å²) in [6.07, 6.45) is 0.491. The number of fused-ring (bicyclic) bond motifs is 1. The maximum absolute atomic E-state index is 8.93. The second-order valence-electron chi connectivity index (χ2n) is 4.89. The van der Waals surface area contributed by atoms with Crippen molar-refractivity contribution in [2.75, 3.05) is 0 Å². The van der Waals surface area contributed by atoms with Crippen LogP contribution >= 0.6 is 0 Å². The molecule has 17 heavy (non-hydrogen) atoms. The zero-order chi connectivity index (χ0) is 12.6. The third kappa shape index (κ3) is 1.82. The van der Waals surface area contributed by atoms with Gasteiger partial charge in [0.1, 0.15) is 0 Å². The molecule has 2 aromatic rings. The van der Waals surface area contributed by atoms with Gasteiger partial charge in [-0.1, -0.05) is 19.9 Å². The number of aryl methyl sites for hydroxylation is 1. The molecule has 0 amide bonds. The van der Waals surface area contributed by atoms with E-state index in [1.807, 2.05) is 0 Å². The van der Waals surface area contributed by atoms with Gasteiger partial charge in [0.05, 0.1) is 12.5 Å². The molecule has 2 rings (SSSR count). The Morgan fingerprint density at radius 2 is 2.06 bits per heavy atom. The van der Waals surface area contributed by atoms with Gasteiger partial charge in [0.2, 0.25) is 0 Å². The fourth-order valence-electron chi connectivity index (χ4n) is 2.33. The number of nitrogens with zero attached hydrogens (tertiary/aromatic N) is 2. The van der Waals surface area contributed by atoms with Crippen molar-refractivity contribution >= 4 is 10.9 Å². The van der Waals surface area contributed by atoms with Crippen LogP contribution in [0, 0.1) is 18.3 Å². The lowest BCUT2D eigenvalue weighted by molar-refractivity contribution is 0.867. The summed E-state index contributed by atoms with van der Waals surface area (Å²) < 4.78 is 2.17. The molecule has 0 spiro atoms. The first-order valence-electron chi connectivity index (χ1n) is 6.01. The van der Waals surface area contributed by atoms with Crippen molar-refractivity contribution in [1.82, 2.24) is 4.57 Å². The van der Waals surface area contributed by atoms with Crippen LogP contribution in [-0.2, 0) is 13.5 Å². The van der Waals surface area contributed by atoms with Crippen LogP contribution < -0.4 is 0 Å². The molecule has 88 valence electrons. The van der Waals surface area contributed by atoms with Gasteiger partial charge in [-0.05, 0) is 36.1 Å². The minimum Gasteiger partial charge on any atom is -0.348 e. The third-order valence-electron chi connectivity index (χ3n) is 3.57. The Labute approximate surface area is 102 Å². The predicted molar refractivity (Wildman–Crippen MR) is 71.1 cm³/mol. The number of hydrogen-bond donors (Lipinski definition) is 0. The van der Waals surface area contributed by atoms with Crippen molar-refractivity contribution in [2.24, 2.45) is 7.05 Å². The number of aromatic nitrogens is 1. The minimum absolute atomic E-state index is 0.491. The quantitative estimate of drug-likeness (QED) is 0.768. The molecule has 1 aromatic carbocycles. The van der Waals surface area contributed by atoms with Crippen LogP contribution in [-0.4, -0.2) is 4.57 Å². The van der Waals surface area contributed by atoms with Crippen molar-refractivity contribution in [3.8, 4) is 6.07 Å². The van der Waals surface area contributed by atoms with E-state index in [0.717, 1.165) is 0 Å². The molecule has 0 aliphatic rings. The number of benzene rings is 1. The van der Waals surface area contributed by atoms with Gasteiger partial charge >= 0.3 is 0 Å². The molecule has 1 aromatic heterocycles. The number of nitriles is 1. The second kappa shape index (κ2) is 4.25. The first-order valence-corrected chi connectivity index (χ1v) is 6.01. The highest BCUT2D eigenvalue weighted by molar-refractivity contribution is 5.86. The van der Waals surface area contributed by atoms with Crippen molar-refractivity contribution < 1.29 is 0 Å². The van der Waals surface area contributed by atoms with E-state index < -0.39 is 0 Å². The van der Waals surface area contributed by atoms with Crippen LogP contribution in [0.1, 0.15) is 36.6 Å². The van der Waals surface area contributed by atoms with E-state index in [0.29, 0.717) is 12.3 Å². The lowest BCUT2D eigenvalue weighted by Crippen LogP contribution is -1.91. The Morgan fingerprint density at radius 1 is 1.35 bits per heavy atom. The van der Waals surface area contributed by atoms with E-state index in [1.165, 1.54) is 27.7 Å². The van der Waals surface area contributed by atoms with Crippen molar-refractivity contribution in [3.63, 3.8) is 0 Å². The zero-order valence-corrected chi connectivity index (χ0v) is 10.9. The molecule has 0 aliphatic heterocycles.